The van der Waals surface area contributed by atoms with E-state index in [4.69, 9.17) is 0 Å². The number of carbonyl (C=O) groups excluding carboxylic acids is 2. The van der Waals surface area contributed by atoms with Gasteiger partial charge < -0.3 is 10.6 Å². The van der Waals surface area contributed by atoms with Crippen LogP contribution in [0.3, 0.4) is 0 Å². The molecule has 1 fully saturated rings. The zero-order valence-electron chi connectivity index (χ0n) is 15.1. The van der Waals surface area contributed by atoms with Crippen molar-refractivity contribution in [1.29, 1.82) is 0 Å². The van der Waals surface area contributed by atoms with Crippen molar-refractivity contribution in [2.45, 2.75) is 18.9 Å². The zero-order chi connectivity index (χ0) is 19.3. The van der Waals surface area contributed by atoms with E-state index in [1.54, 1.807) is 53.6 Å². The second kappa shape index (κ2) is 7.87. The van der Waals surface area contributed by atoms with Crippen molar-refractivity contribution in [3.8, 4) is 5.82 Å². The average Bonchev–Trinajstić information content (AvgIpc) is 3.36. The highest BCUT2D eigenvalue weighted by Crippen LogP contribution is 2.19. The molecular formula is C21H19N5O2. The average molecular weight is 373 g/mol. The molecule has 7 nitrogen and oxygen atoms in total. The van der Waals surface area contributed by atoms with E-state index in [1.807, 2.05) is 18.2 Å². The molecule has 4 rings (SSSR count). The molecule has 0 unspecified atom stereocenters. The van der Waals surface area contributed by atoms with Crippen molar-refractivity contribution in [2.75, 3.05) is 5.32 Å². The summed E-state index contributed by atoms with van der Waals surface area (Å²) in [6.45, 7) is 0. The van der Waals surface area contributed by atoms with Gasteiger partial charge in [0, 0.05) is 30.1 Å². The molecule has 7 heteroatoms. The van der Waals surface area contributed by atoms with Crippen LogP contribution in [0.1, 0.15) is 28.8 Å². The maximum atomic E-state index is 12.1. The quantitative estimate of drug-likeness (QED) is 0.650. The number of anilines is 1. The number of amides is 2. The van der Waals surface area contributed by atoms with Crippen LogP contribution < -0.4 is 10.6 Å². The predicted octanol–water partition coefficient (Wildman–Crippen LogP) is 2.81. The van der Waals surface area contributed by atoms with E-state index in [2.05, 4.69) is 20.7 Å². The lowest BCUT2D eigenvalue weighted by Crippen LogP contribution is -2.25. The maximum Gasteiger partial charge on any atom is 0.251 e. The molecule has 0 spiro atoms. The van der Waals surface area contributed by atoms with Gasteiger partial charge in [0.2, 0.25) is 5.91 Å². The van der Waals surface area contributed by atoms with Gasteiger partial charge in [-0.1, -0.05) is 12.1 Å². The van der Waals surface area contributed by atoms with Gasteiger partial charge in [-0.2, -0.15) is 5.10 Å². The first-order valence-electron chi connectivity index (χ1n) is 9.03. The minimum Gasteiger partial charge on any atom is -0.349 e. The van der Waals surface area contributed by atoms with E-state index >= 15 is 0 Å². The van der Waals surface area contributed by atoms with Crippen molar-refractivity contribution in [3.63, 3.8) is 0 Å². The number of hydrogen-bond donors (Lipinski definition) is 2. The molecule has 1 aromatic carbocycles. The summed E-state index contributed by atoms with van der Waals surface area (Å²) in [5, 5.41) is 9.81. The Kier molecular flexibility index (Phi) is 4.97. The molecule has 2 N–H and O–H groups in total. The first-order chi connectivity index (χ1) is 13.7. The van der Waals surface area contributed by atoms with Gasteiger partial charge in [0.15, 0.2) is 5.82 Å². The Labute approximate surface area is 162 Å². The fraction of sp³-hybridized carbons (Fsp3) is 0.143. The molecule has 3 aromatic rings. The fourth-order valence-corrected chi connectivity index (χ4v) is 2.60. The fourth-order valence-electron chi connectivity index (χ4n) is 2.60. The van der Waals surface area contributed by atoms with Gasteiger partial charge in [-0.25, -0.2) is 9.67 Å². The highest BCUT2D eigenvalue weighted by Gasteiger charge is 2.23. The molecule has 1 saturated carbocycles. The predicted molar refractivity (Wildman–Crippen MR) is 106 cm³/mol. The molecule has 2 heterocycles. The molecule has 28 heavy (non-hydrogen) atoms. The number of aromatic nitrogens is 3. The molecule has 1 aliphatic carbocycles. The Bertz CT molecular complexity index is 988. The Morgan fingerprint density at radius 2 is 1.93 bits per heavy atom. The molecule has 2 aromatic heterocycles. The van der Waals surface area contributed by atoms with Crippen molar-refractivity contribution < 1.29 is 9.59 Å². The molecule has 0 bridgehead atoms. The standard InChI is InChI=1S/C21H19N5O2/c27-20(24-18-9-10-19(22-14-18)26-13-1-12-23-26)11-4-15-2-5-16(6-3-15)21(28)25-17-7-8-17/h1-6,9-14,17H,7-8H2,(H,24,27)(H,25,28)/b11-4+. The first-order valence-corrected chi connectivity index (χ1v) is 9.03. The molecule has 0 atom stereocenters. The van der Waals surface area contributed by atoms with Gasteiger partial charge in [0.05, 0.1) is 11.9 Å². The molecule has 140 valence electrons. The summed E-state index contributed by atoms with van der Waals surface area (Å²) < 4.78 is 1.64. The molecule has 2 amide bonds. The number of carbonyl (C=O) groups is 2. The van der Waals surface area contributed by atoms with Gasteiger partial charge >= 0.3 is 0 Å². The van der Waals surface area contributed by atoms with Gasteiger partial charge in [0.1, 0.15) is 0 Å². The number of pyridine rings is 1. The number of hydrogen-bond acceptors (Lipinski definition) is 4. The minimum absolute atomic E-state index is 0.0539. The number of rotatable bonds is 6. The van der Waals surface area contributed by atoms with Crippen molar-refractivity contribution >= 4 is 23.6 Å². The third-order valence-electron chi connectivity index (χ3n) is 4.27. The van der Waals surface area contributed by atoms with Crippen LogP contribution in [0.25, 0.3) is 11.9 Å². The topological polar surface area (TPSA) is 88.9 Å². The summed E-state index contributed by atoms with van der Waals surface area (Å²) in [7, 11) is 0. The van der Waals surface area contributed by atoms with Crippen molar-refractivity contribution in [3.05, 3.63) is 78.3 Å². The van der Waals surface area contributed by atoms with E-state index in [1.165, 1.54) is 6.08 Å². The third kappa shape index (κ3) is 4.50. The van der Waals surface area contributed by atoms with Crippen LogP contribution in [-0.2, 0) is 4.79 Å². The van der Waals surface area contributed by atoms with Gasteiger partial charge in [0.25, 0.3) is 5.91 Å². The van der Waals surface area contributed by atoms with E-state index < -0.39 is 0 Å². The van der Waals surface area contributed by atoms with Gasteiger partial charge in [-0.15, -0.1) is 0 Å². The summed E-state index contributed by atoms with van der Waals surface area (Å²) in [5.74, 6) is 0.357. The monoisotopic (exact) mass is 373 g/mol. The summed E-state index contributed by atoms with van der Waals surface area (Å²) in [6.07, 6.45) is 10.3. The summed E-state index contributed by atoms with van der Waals surface area (Å²) in [4.78, 5) is 28.3. The van der Waals surface area contributed by atoms with Crippen LogP contribution in [0, 0.1) is 0 Å². The largest absolute Gasteiger partial charge is 0.349 e. The lowest BCUT2D eigenvalue weighted by Gasteiger charge is -2.04. The third-order valence-corrected chi connectivity index (χ3v) is 4.27. The zero-order valence-corrected chi connectivity index (χ0v) is 15.1. The molecule has 1 aliphatic rings. The first kappa shape index (κ1) is 17.7. The molecular weight excluding hydrogens is 354 g/mol. The Morgan fingerprint density at radius 1 is 1.11 bits per heavy atom. The van der Waals surface area contributed by atoms with Crippen LogP contribution in [0.2, 0.25) is 0 Å². The normalized spacial score (nSPS) is 13.4. The van der Waals surface area contributed by atoms with Crippen LogP contribution in [0.15, 0.2) is 67.1 Å². The number of nitrogens with zero attached hydrogens (tertiary/aromatic N) is 3. The summed E-state index contributed by atoms with van der Waals surface area (Å²) in [5.41, 5.74) is 2.06. The van der Waals surface area contributed by atoms with E-state index in [0.717, 1.165) is 18.4 Å². The lowest BCUT2D eigenvalue weighted by atomic mass is 10.1. The van der Waals surface area contributed by atoms with Crippen LogP contribution in [0.4, 0.5) is 5.69 Å². The minimum atomic E-state index is -0.260. The maximum absolute atomic E-state index is 12.1. The molecule has 0 saturated heterocycles. The second-order valence-corrected chi connectivity index (χ2v) is 6.55. The summed E-state index contributed by atoms with van der Waals surface area (Å²) >= 11 is 0. The molecule has 0 aliphatic heterocycles. The number of nitrogens with one attached hydrogen (secondary N) is 2. The Morgan fingerprint density at radius 3 is 2.57 bits per heavy atom. The SMILES string of the molecule is O=C(/C=C/c1ccc(C(=O)NC2CC2)cc1)Nc1ccc(-n2cccn2)nc1. The van der Waals surface area contributed by atoms with Crippen molar-refractivity contribution in [1.82, 2.24) is 20.1 Å². The van der Waals surface area contributed by atoms with Crippen LogP contribution in [0.5, 0.6) is 0 Å². The highest BCUT2D eigenvalue weighted by molar-refractivity contribution is 6.02. The van der Waals surface area contributed by atoms with E-state index in [9.17, 15) is 9.59 Å². The highest BCUT2D eigenvalue weighted by atomic mass is 16.2. The summed E-state index contributed by atoms with van der Waals surface area (Å²) in [6, 6.07) is 12.8. The number of benzene rings is 1. The van der Waals surface area contributed by atoms with Crippen LogP contribution >= 0.6 is 0 Å². The Hall–Kier alpha value is -3.74. The molecule has 0 radical (unpaired) electrons. The Balaban J connectivity index is 1.32. The van der Waals surface area contributed by atoms with Crippen molar-refractivity contribution in [2.24, 2.45) is 0 Å². The second-order valence-electron chi connectivity index (χ2n) is 6.55. The van der Waals surface area contributed by atoms with Gasteiger partial charge in [-0.3, -0.25) is 9.59 Å². The van der Waals surface area contributed by atoms with E-state index in [-0.39, 0.29) is 11.8 Å². The lowest BCUT2D eigenvalue weighted by molar-refractivity contribution is -0.111. The smallest absolute Gasteiger partial charge is 0.251 e. The van der Waals surface area contributed by atoms with E-state index in [0.29, 0.717) is 23.1 Å². The van der Waals surface area contributed by atoms with Gasteiger partial charge in [-0.05, 0) is 54.8 Å². The van der Waals surface area contributed by atoms with Crippen LogP contribution in [-0.4, -0.2) is 32.6 Å².